The van der Waals surface area contributed by atoms with Gasteiger partial charge in [0.2, 0.25) is 5.91 Å². The van der Waals surface area contributed by atoms with E-state index in [4.69, 9.17) is 0 Å². The molecule has 4 nitrogen and oxygen atoms in total. The predicted molar refractivity (Wildman–Crippen MR) is 107 cm³/mol. The SMILES string of the molecule is Cc1ccc([C@@H](C(=O)NC2CCCCC2)N(C(=O)C(F)(F)F)c2ccc(F)cc2)s1. The Morgan fingerprint density at radius 2 is 1.70 bits per heavy atom. The number of aryl methyl sites for hydroxylation is 1. The summed E-state index contributed by atoms with van der Waals surface area (Å²) in [7, 11) is 0. The van der Waals surface area contributed by atoms with E-state index in [1.807, 2.05) is 0 Å². The fourth-order valence-corrected chi connectivity index (χ4v) is 4.59. The van der Waals surface area contributed by atoms with Gasteiger partial charge in [-0.05, 0) is 56.2 Å². The first-order chi connectivity index (χ1) is 14.2. The summed E-state index contributed by atoms with van der Waals surface area (Å²) in [5, 5.41) is 2.83. The van der Waals surface area contributed by atoms with E-state index in [1.165, 1.54) is 0 Å². The van der Waals surface area contributed by atoms with Crippen molar-refractivity contribution in [2.45, 2.75) is 57.3 Å². The van der Waals surface area contributed by atoms with Crippen LogP contribution in [0.4, 0.5) is 23.2 Å². The largest absolute Gasteiger partial charge is 0.471 e. The average molecular weight is 442 g/mol. The molecule has 3 rings (SSSR count). The Hall–Kier alpha value is -2.42. The lowest BCUT2D eigenvalue weighted by atomic mass is 9.95. The Morgan fingerprint density at radius 1 is 1.07 bits per heavy atom. The molecule has 2 aromatic rings. The third kappa shape index (κ3) is 5.19. The van der Waals surface area contributed by atoms with E-state index in [0.29, 0.717) is 9.78 Å². The number of alkyl halides is 3. The highest BCUT2D eigenvalue weighted by atomic mass is 32.1. The van der Waals surface area contributed by atoms with Gasteiger partial charge in [-0.3, -0.25) is 14.5 Å². The maximum absolute atomic E-state index is 13.5. The number of rotatable bonds is 5. The van der Waals surface area contributed by atoms with E-state index in [9.17, 15) is 27.2 Å². The topological polar surface area (TPSA) is 49.4 Å². The molecule has 1 aromatic heterocycles. The van der Waals surface area contributed by atoms with Gasteiger partial charge in [-0.1, -0.05) is 19.3 Å². The van der Waals surface area contributed by atoms with E-state index in [1.54, 1.807) is 19.1 Å². The summed E-state index contributed by atoms with van der Waals surface area (Å²) >= 11 is 1.14. The molecule has 1 aromatic carbocycles. The maximum atomic E-state index is 13.5. The molecule has 0 spiro atoms. The minimum absolute atomic E-state index is 0.147. The van der Waals surface area contributed by atoms with Crippen LogP contribution in [-0.4, -0.2) is 24.0 Å². The molecule has 1 heterocycles. The smallest absolute Gasteiger partial charge is 0.351 e. The standard InChI is InChI=1S/C21H22F4N2O2S/c1-13-7-12-17(30-13)18(19(28)26-15-5-3-2-4-6-15)27(20(29)21(23,24)25)16-10-8-14(22)9-11-16/h7-12,15,18H,2-6H2,1H3,(H,26,28)/t18-/m0/s1. The fraction of sp³-hybridized carbons (Fsp3) is 0.429. The molecule has 0 saturated heterocycles. The van der Waals surface area contributed by atoms with E-state index in [2.05, 4.69) is 5.32 Å². The van der Waals surface area contributed by atoms with Crippen LogP contribution in [0.15, 0.2) is 36.4 Å². The van der Waals surface area contributed by atoms with Gasteiger partial charge in [-0.15, -0.1) is 11.3 Å². The van der Waals surface area contributed by atoms with Crippen LogP contribution in [0.1, 0.15) is 47.9 Å². The van der Waals surface area contributed by atoms with E-state index in [-0.39, 0.29) is 11.7 Å². The van der Waals surface area contributed by atoms with Crippen LogP contribution in [-0.2, 0) is 9.59 Å². The highest BCUT2D eigenvalue weighted by molar-refractivity contribution is 7.12. The lowest BCUT2D eigenvalue weighted by Gasteiger charge is -2.33. The number of halogens is 4. The van der Waals surface area contributed by atoms with Crippen molar-refractivity contribution in [2.75, 3.05) is 4.90 Å². The van der Waals surface area contributed by atoms with Crippen molar-refractivity contribution in [3.8, 4) is 0 Å². The fourth-order valence-electron chi connectivity index (χ4n) is 3.62. The van der Waals surface area contributed by atoms with Gasteiger partial charge in [0.25, 0.3) is 0 Å². The van der Waals surface area contributed by atoms with Crippen molar-refractivity contribution in [3.05, 3.63) is 52.0 Å². The maximum Gasteiger partial charge on any atom is 0.471 e. The molecule has 0 aliphatic heterocycles. The highest BCUT2D eigenvalue weighted by Crippen LogP contribution is 2.36. The quantitative estimate of drug-likeness (QED) is 0.641. The Labute approximate surface area is 175 Å². The summed E-state index contributed by atoms with van der Waals surface area (Å²) < 4.78 is 53.8. The third-order valence-corrected chi connectivity index (χ3v) is 6.11. The number of amides is 2. The van der Waals surface area contributed by atoms with Crippen molar-refractivity contribution in [3.63, 3.8) is 0 Å². The lowest BCUT2D eigenvalue weighted by molar-refractivity contribution is -0.171. The average Bonchev–Trinajstić information content (AvgIpc) is 3.12. The minimum atomic E-state index is -5.20. The van der Waals surface area contributed by atoms with Crippen LogP contribution in [0, 0.1) is 12.7 Å². The molecule has 1 atom stereocenters. The summed E-state index contributed by atoms with van der Waals surface area (Å²) in [6, 6.07) is 5.63. The number of benzene rings is 1. The first kappa shape index (κ1) is 22.3. The number of anilines is 1. The molecule has 1 aliphatic carbocycles. The molecular formula is C21H22F4N2O2S. The van der Waals surface area contributed by atoms with Crippen LogP contribution >= 0.6 is 11.3 Å². The van der Waals surface area contributed by atoms with Crippen LogP contribution in [0.2, 0.25) is 0 Å². The summed E-state index contributed by atoms with van der Waals surface area (Å²) in [4.78, 5) is 27.1. The second-order valence-electron chi connectivity index (χ2n) is 7.34. The number of carbonyl (C=O) groups excluding carboxylic acids is 2. The second-order valence-corrected chi connectivity index (χ2v) is 8.66. The lowest BCUT2D eigenvalue weighted by Crippen LogP contribution is -2.50. The summed E-state index contributed by atoms with van der Waals surface area (Å²) in [5.41, 5.74) is -0.200. The Kier molecular flexibility index (Phi) is 6.80. The number of nitrogens with zero attached hydrogens (tertiary/aromatic N) is 1. The summed E-state index contributed by atoms with van der Waals surface area (Å²) in [6.07, 6.45) is -0.816. The van der Waals surface area contributed by atoms with Gasteiger partial charge in [0.1, 0.15) is 5.82 Å². The highest BCUT2D eigenvalue weighted by Gasteiger charge is 2.48. The minimum Gasteiger partial charge on any atom is -0.351 e. The van der Waals surface area contributed by atoms with Gasteiger partial charge < -0.3 is 5.32 Å². The normalized spacial score (nSPS) is 16.2. The molecule has 2 amide bonds. The van der Waals surface area contributed by atoms with E-state index < -0.39 is 29.8 Å². The van der Waals surface area contributed by atoms with Crippen molar-refractivity contribution in [1.29, 1.82) is 0 Å². The predicted octanol–water partition coefficient (Wildman–Crippen LogP) is 5.28. The molecule has 0 bridgehead atoms. The summed E-state index contributed by atoms with van der Waals surface area (Å²) in [5.74, 6) is -3.51. The molecule has 1 saturated carbocycles. The van der Waals surface area contributed by atoms with Crippen molar-refractivity contribution < 1.29 is 27.2 Å². The zero-order valence-electron chi connectivity index (χ0n) is 16.3. The number of thiophene rings is 1. The number of hydrogen-bond acceptors (Lipinski definition) is 3. The number of nitrogens with one attached hydrogen (secondary N) is 1. The zero-order chi connectivity index (χ0) is 21.9. The van der Waals surface area contributed by atoms with Crippen molar-refractivity contribution >= 4 is 28.8 Å². The Balaban J connectivity index is 2.04. The molecular weight excluding hydrogens is 420 g/mol. The van der Waals surface area contributed by atoms with Crippen LogP contribution in [0.5, 0.6) is 0 Å². The molecule has 162 valence electrons. The monoisotopic (exact) mass is 442 g/mol. The molecule has 9 heteroatoms. The second kappa shape index (κ2) is 9.16. The molecule has 1 aliphatic rings. The number of carbonyl (C=O) groups is 2. The molecule has 1 N–H and O–H groups in total. The van der Waals surface area contributed by atoms with Gasteiger partial charge in [0.05, 0.1) is 0 Å². The van der Waals surface area contributed by atoms with Crippen LogP contribution < -0.4 is 10.2 Å². The Bertz CT molecular complexity index is 889. The first-order valence-corrected chi connectivity index (χ1v) is 10.5. The van der Waals surface area contributed by atoms with Gasteiger partial charge in [0.15, 0.2) is 6.04 Å². The first-order valence-electron chi connectivity index (χ1n) is 9.69. The van der Waals surface area contributed by atoms with Crippen LogP contribution in [0.3, 0.4) is 0 Å². The van der Waals surface area contributed by atoms with E-state index >= 15 is 0 Å². The summed E-state index contributed by atoms with van der Waals surface area (Å²) in [6.45, 7) is 1.76. The van der Waals surface area contributed by atoms with Gasteiger partial charge in [0, 0.05) is 21.5 Å². The molecule has 1 fully saturated rings. The molecule has 0 unspecified atom stereocenters. The van der Waals surface area contributed by atoms with Gasteiger partial charge in [-0.2, -0.15) is 13.2 Å². The third-order valence-electron chi connectivity index (χ3n) is 5.05. The number of hydrogen-bond donors (Lipinski definition) is 1. The van der Waals surface area contributed by atoms with Gasteiger partial charge in [-0.25, -0.2) is 4.39 Å². The van der Waals surface area contributed by atoms with Gasteiger partial charge >= 0.3 is 12.1 Å². The van der Waals surface area contributed by atoms with Crippen molar-refractivity contribution in [1.82, 2.24) is 5.32 Å². The van der Waals surface area contributed by atoms with Crippen LogP contribution in [0.25, 0.3) is 0 Å². The molecule has 0 radical (unpaired) electrons. The Morgan fingerprint density at radius 3 is 2.23 bits per heavy atom. The zero-order valence-corrected chi connectivity index (χ0v) is 17.2. The molecule has 30 heavy (non-hydrogen) atoms. The van der Waals surface area contributed by atoms with Crippen molar-refractivity contribution in [2.24, 2.45) is 0 Å². The van der Waals surface area contributed by atoms with E-state index in [0.717, 1.165) is 72.6 Å².